The molecule has 0 bridgehead atoms. The average Bonchev–Trinajstić information content (AvgIpc) is 3.00. The Labute approximate surface area is 129 Å². The number of aliphatic hydroxyl groups excluding tert-OH is 1. The van der Waals surface area contributed by atoms with Crippen LogP contribution in [0.3, 0.4) is 0 Å². The maximum atomic E-state index is 9.77. The first-order valence-electron chi connectivity index (χ1n) is 7.63. The molecule has 2 aliphatic rings. The van der Waals surface area contributed by atoms with Crippen molar-refractivity contribution < 1.29 is 14.6 Å². The molecule has 0 aliphatic carbocycles. The zero-order chi connectivity index (χ0) is 14.9. The summed E-state index contributed by atoms with van der Waals surface area (Å²) in [6.45, 7) is 3.06. The van der Waals surface area contributed by atoms with E-state index in [4.69, 9.17) is 9.47 Å². The Morgan fingerprint density at radius 1 is 1.09 bits per heavy atom. The maximum Gasteiger partial charge on any atom is 0.231 e. The number of benzene rings is 2. The van der Waals surface area contributed by atoms with E-state index < -0.39 is 0 Å². The molecule has 2 heterocycles. The molecule has 0 saturated heterocycles. The van der Waals surface area contributed by atoms with Gasteiger partial charge in [0.05, 0.1) is 6.61 Å². The Balaban J connectivity index is 1.62. The van der Waals surface area contributed by atoms with Crippen LogP contribution in [0, 0.1) is 0 Å². The molecule has 22 heavy (non-hydrogen) atoms. The topological polar surface area (TPSA) is 41.9 Å². The lowest BCUT2D eigenvalue weighted by Crippen LogP contribution is -2.34. The highest BCUT2D eigenvalue weighted by atomic mass is 16.7. The summed E-state index contributed by atoms with van der Waals surface area (Å²) in [6, 6.07) is 14.6. The maximum absolute atomic E-state index is 9.77. The highest BCUT2D eigenvalue weighted by molar-refractivity contribution is 5.50. The van der Waals surface area contributed by atoms with Gasteiger partial charge in [0.25, 0.3) is 0 Å². The predicted octanol–water partition coefficient (Wildman–Crippen LogP) is 2.51. The van der Waals surface area contributed by atoms with Crippen molar-refractivity contribution in [1.29, 1.82) is 0 Å². The van der Waals surface area contributed by atoms with Gasteiger partial charge in [-0.25, -0.2) is 0 Å². The zero-order valence-corrected chi connectivity index (χ0v) is 12.4. The summed E-state index contributed by atoms with van der Waals surface area (Å²) in [7, 11) is 0. The summed E-state index contributed by atoms with van der Waals surface area (Å²) in [4.78, 5) is 2.38. The minimum atomic E-state index is 0.127. The van der Waals surface area contributed by atoms with Crippen LogP contribution in [0.2, 0.25) is 0 Å². The molecule has 2 aromatic rings. The van der Waals surface area contributed by atoms with Crippen LogP contribution >= 0.6 is 0 Å². The number of hydrogen-bond acceptors (Lipinski definition) is 4. The highest BCUT2D eigenvalue weighted by Gasteiger charge is 2.28. The first-order chi connectivity index (χ1) is 10.8. The fourth-order valence-corrected chi connectivity index (χ4v) is 3.35. The average molecular weight is 297 g/mol. The Morgan fingerprint density at radius 2 is 1.86 bits per heavy atom. The molecule has 1 N–H and O–H groups in total. The first-order valence-corrected chi connectivity index (χ1v) is 7.63. The third-order valence-electron chi connectivity index (χ3n) is 4.42. The molecule has 114 valence electrons. The lowest BCUT2D eigenvalue weighted by Gasteiger charge is -2.34. The van der Waals surface area contributed by atoms with E-state index in [1.54, 1.807) is 0 Å². The molecule has 1 atom stereocenters. The molecule has 1 unspecified atom stereocenters. The van der Waals surface area contributed by atoms with Crippen LogP contribution < -0.4 is 9.47 Å². The highest BCUT2D eigenvalue weighted by Crippen LogP contribution is 2.40. The molecule has 0 radical (unpaired) electrons. The van der Waals surface area contributed by atoms with Gasteiger partial charge >= 0.3 is 0 Å². The van der Waals surface area contributed by atoms with Crippen LogP contribution in [0.5, 0.6) is 11.5 Å². The Kier molecular flexibility index (Phi) is 3.48. The Hall–Kier alpha value is -2.04. The predicted molar refractivity (Wildman–Crippen MR) is 82.9 cm³/mol. The standard InChI is InChI=1S/C18H19NO3/c20-11-15-10-19(8-13-4-2-1-3-5-13)9-14-6-17-18(7-16(14)15)22-12-21-17/h1-7,15,20H,8-12H2. The van der Waals surface area contributed by atoms with E-state index >= 15 is 0 Å². The van der Waals surface area contributed by atoms with E-state index in [1.165, 1.54) is 16.7 Å². The normalized spacial score (nSPS) is 20.0. The summed E-state index contributed by atoms with van der Waals surface area (Å²) in [5.74, 6) is 1.74. The SMILES string of the molecule is OCC1CN(Cc2ccccc2)Cc2cc3c(cc21)OCO3. The summed E-state index contributed by atoms with van der Waals surface area (Å²) in [6.07, 6.45) is 0. The number of rotatable bonds is 3. The van der Waals surface area contributed by atoms with Gasteiger partial charge in [-0.05, 0) is 28.8 Å². The molecule has 0 fully saturated rings. The summed E-state index contributed by atoms with van der Waals surface area (Å²) in [5.41, 5.74) is 3.71. The van der Waals surface area contributed by atoms with Crippen LogP contribution in [0.15, 0.2) is 42.5 Å². The van der Waals surface area contributed by atoms with Gasteiger partial charge < -0.3 is 14.6 Å². The lowest BCUT2D eigenvalue weighted by atomic mass is 9.89. The van der Waals surface area contributed by atoms with Crippen LogP contribution in [-0.4, -0.2) is 30.0 Å². The van der Waals surface area contributed by atoms with E-state index in [0.29, 0.717) is 0 Å². The number of nitrogens with zero attached hydrogens (tertiary/aromatic N) is 1. The molecule has 0 saturated carbocycles. The quantitative estimate of drug-likeness (QED) is 0.945. The number of hydrogen-bond donors (Lipinski definition) is 1. The molecule has 0 aromatic heterocycles. The van der Waals surface area contributed by atoms with Gasteiger partial charge in [0.2, 0.25) is 6.79 Å². The van der Waals surface area contributed by atoms with E-state index in [-0.39, 0.29) is 19.3 Å². The van der Waals surface area contributed by atoms with Gasteiger partial charge in [-0.2, -0.15) is 0 Å². The van der Waals surface area contributed by atoms with Gasteiger partial charge in [0.1, 0.15) is 0 Å². The fraction of sp³-hybridized carbons (Fsp3) is 0.333. The van der Waals surface area contributed by atoms with E-state index in [2.05, 4.69) is 35.2 Å². The van der Waals surface area contributed by atoms with Crippen LogP contribution in [0.25, 0.3) is 0 Å². The zero-order valence-electron chi connectivity index (χ0n) is 12.4. The summed E-state index contributed by atoms with van der Waals surface area (Å²) < 4.78 is 10.9. The largest absolute Gasteiger partial charge is 0.454 e. The third-order valence-corrected chi connectivity index (χ3v) is 4.42. The number of ether oxygens (including phenoxy) is 2. The molecule has 2 aliphatic heterocycles. The summed E-state index contributed by atoms with van der Waals surface area (Å²) in [5, 5.41) is 9.77. The molecule has 4 heteroatoms. The minimum absolute atomic E-state index is 0.127. The van der Waals surface area contributed by atoms with Gasteiger partial charge in [-0.15, -0.1) is 0 Å². The molecular formula is C18H19NO3. The van der Waals surface area contributed by atoms with E-state index in [9.17, 15) is 5.11 Å². The second-order valence-corrected chi connectivity index (χ2v) is 5.94. The molecular weight excluding hydrogens is 278 g/mol. The first kappa shape index (κ1) is 13.6. The molecule has 4 rings (SSSR count). The van der Waals surface area contributed by atoms with Crippen molar-refractivity contribution in [2.24, 2.45) is 0 Å². The van der Waals surface area contributed by atoms with Crippen LogP contribution in [0.4, 0.5) is 0 Å². The summed E-state index contributed by atoms with van der Waals surface area (Å²) >= 11 is 0. The second-order valence-electron chi connectivity index (χ2n) is 5.94. The number of aliphatic hydroxyl groups is 1. The third kappa shape index (κ3) is 2.45. The van der Waals surface area contributed by atoms with Crippen molar-refractivity contribution in [2.75, 3.05) is 19.9 Å². The molecule has 4 nitrogen and oxygen atoms in total. The molecule has 0 spiro atoms. The van der Waals surface area contributed by atoms with Gasteiger partial charge in [0, 0.05) is 25.6 Å². The second kappa shape index (κ2) is 5.63. The minimum Gasteiger partial charge on any atom is -0.454 e. The fourth-order valence-electron chi connectivity index (χ4n) is 3.35. The van der Waals surface area contributed by atoms with Gasteiger partial charge in [-0.1, -0.05) is 30.3 Å². The number of fused-ring (bicyclic) bond motifs is 2. The van der Waals surface area contributed by atoms with Crippen molar-refractivity contribution in [2.45, 2.75) is 19.0 Å². The van der Waals surface area contributed by atoms with Crippen LogP contribution in [-0.2, 0) is 13.1 Å². The van der Waals surface area contributed by atoms with Crippen molar-refractivity contribution in [1.82, 2.24) is 4.90 Å². The Morgan fingerprint density at radius 3 is 2.64 bits per heavy atom. The molecule has 2 aromatic carbocycles. The molecule has 0 amide bonds. The van der Waals surface area contributed by atoms with E-state index in [1.807, 2.05) is 12.1 Å². The van der Waals surface area contributed by atoms with Crippen LogP contribution in [0.1, 0.15) is 22.6 Å². The monoisotopic (exact) mass is 297 g/mol. The smallest absolute Gasteiger partial charge is 0.231 e. The van der Waals surface area contributed by atoms with Gasteiger partial charge in [-0.3, -0.25) is 4.90 Å². The lowest BCUT2D eigenvalue weighted by molar-refractivity contribution is 0.173. The van der Waals surface area contributed by atoms with Crippen molar-refractivity contribution in [3.63, 3.8) is 0 Å². The van der Waals surface area contributed by atoms with E-state index in [0.717, 1.165) is 31.1 Å². The van der Waals surface area contributed by atoms with Crippen molar-refractivity contribution in [3.05, 3.63) is 59.2 Å². The van der Waals surface area contributed by atoms with Gasteiger partial charge in [0.15, 0.2) is 11.5 Å². The van der Waals surface area contributed by atoms with Crippen molar-refractivity contribution in [3.8, 4) is 11.5 Å². The van der Waals surface area contributed by atoms with Crippen molar-refractivity contribution >= 4 is 0 Å². The Bertz CT molecular complexity index is 672.